The quantitative estimate of drug-likeness (QED) is 0.578. The number of ether oxygens (including phenoxy) is 1. The number of anilines is 2. The molecule has 6 nitrogen and oxygen atoms in total. The molecule has 0 aromatic heterocycles. The molecule has 0 aliphatic heterocycles. The first kappa shape index (κ1) is 20.2. The van der Waals surface area contributed by atoms with Gasteiger partial charge in [0.2, 0.25) is 5.91 Å². The molecule has 0 heterocycles. The monoisotopic (exact) mass is 386 g/mol. The maximum absolute atomic E-state index is 12.3. The maximum Gasteiger partial charge on any atom is 0.251 e. The normalized spacial score (nSPS) is 10.9. The van der Waals surface area contributed by atoms with Crippen LogP contribution in [0.3, 0.4) is 0 Å². The van der Waals surface area contributed by atoms with Crippen molar-refractivity contribution < 1.29 is 19.1 Å². The van der Waals surface area contributed by atoms with Crippen molar-refractivity contribution in [2.45, 2.75) is 13.8 Å². The number of hydrogen-bond acceptors (Lipinski definition) is 4. The number of halogens is 1. The van der Waals surface area contributed by atoms with Crippen molar-refractivity contribution in [1.29, 1.82) is 0 Å². The number of carbonyl (C=O) groups is 3. The van der Waals surface area contributed by atoms with Crippen LogP contribution in [0.4, 0.5) is 11.4 Å². The molecule has 2 aromatic rings. The molecular formula is C20H19ClN2O4. The molecule has 2 amide bonds. The average molecular weight is 387 g/mol. The minimum atomic E-state index is -0.462. The molecule has 0 bridgehead atoms. The summed E-state index contributed by atoms with van der Waals surface area (Å²) in [7, 11) is 1.48. The van der Waals surface area contributed by atoms with E-state index in [-0.39, 0.29) is 11.4 Å². The molecule has 0 spiro atoms. The van der Waals surface area contributed by atoms with Crippen LogP contribution in [0.25, 0.3) is 0 Å². The Labute approximate surface area is 162 Å². The van der Waals surface area contributed by atoms with E-state index >= 15 is 0 Å². The zero-order valence-corrected chi connectivity index (χ0v) is 15.9. The summed E-state index contributed by atoms with van der Waals surface area (Å²) in [6.07, 6.45) is 1.19. The van der Waals surface area contributed by atoms with Crippen LogP contribution in [-0.2, 0) is 9.59 Å². The molecular weight excluding hydrogens is 368 g/mol. The van der Waals surface area contributed by atoms with E-state index in [0.29, 0.717) is 27.7 Å². The van der Waals surface area contributed by atoms with Crippen molar-refractivity contribution in [2.75, 3.05) is 17.7 Å². The highest BCUT2D eigenvalue weighted by Crippen LogP contribution is 2.28. The second-order valence-corrected chi connectivity index (χ2v) is 6.19. The maximum atomic E-state index is 12.3. The van der Waals surface area contributed by atoms with Crippen molar-refractivity contribution in [3.8, 4) is 5.75 Å². The summed E-state index contributed by atoms with van der Waals surface area (Å²) < 4.78 is 5.17. The van der Waals surface area contributed by atoms with Crippen LogP contribution >= 0.6 is 11.6 Å². The van der Waals surface area contributed by atoms with E-state index in [1.54, 1.807) is 42.5 Å². The van der Waals surface area contributed by atoms with E-state index in [1.165, 1.54) is 27.0 Å². The van der Waals surface area contributed by atoms with Crippen molar-refractivity contribution >= 4 is 40.6 Å². The van der Waals surface area contributed by atoms with Crippen LogP contribution in [0.5, 0.6) is 5.75 Å². The largest absolute Gasteiger partial charge is 0.495 e. The molecule has 0 aliphatic carbocycles. The summed E-state index contributed by atoms with van der Waals surface area (Å²) >= 11 is 5.94. The first-order valence-electron chi connectivity index (χ1n) is 8.05. The lowest BCUT2D eigenvalue weighted by Crippen LogP contribution is -2.16. The zero-order valence-electron chi connectivity index (χ0n) is 15.1. The molecule has 0 aliphatic rings. The van der Waals surface area contributed by atoms with Gasteiger partial charge in [-0.15, -0.1) is 0 Å². The Hall–Kier alpha value is -3.12. The average Bonchev–Trinajstić information content (AvgIpc) is 2.62. The molecule has 0 radical (unpaired) electrons. The van der Waals surface area contributed by atoms with Crippen LogP contribution in [0.15, 0.2) is 54.1 Å². The molecule has 0 saturated carbocycles. The second kappa shape index (κ2) is 9.00. The van der Waals surface area contributed by atoms with Crippen molar-refractivity contribution in [1.82, 2.24) is 0 Å². The topological polar surface area (TPSA) is 84.5 Å². The van der Waals surface area contributed by atoms with Gasteiger partial charge in [0.1, 0.15) is 5.75 Å². The van der Waals surface area contributed by atoms with Gasteiger partial charge in [-0.05, 0) is 56.3 Å². The smallest absolute Gasteiger partial charge is 0.251 e. The highest BCUT2D eigenvalue weighted by molar-refractivity contribution is 6.31. The lowest BCUT2D eigenvalue weighted by Gasteiger charge is -2.11. The standard InChI is InChI=1S/C20H19ClN2O4/c1-12(20(26)23-17-11-15(21)6-9-18(17)27-3)10-19(25)22-16-7-4-14(5-8-16)13(2)24/h4-11H,1-3H3,(H,22,25)(H,23,26)/b12-10-. The Morgan fingerprint density at radius 3 is 2.26 bits per heavy atom. The summed E-state index contributed by atoms with van der Waals surface area (Å²) in [5.74, 6) is -0.527. The van der Waals surface area contributed by atoms with Gasteiger partial charge >= 0.3 is 0 Å². The Bertz CT molecular complexity index is 905. The van der Waals surface area contributed by atoms with Gasteiger partial charge in [-0.1, -0.05) is 11.6 Å². The predicted octanol–water partition coefficient (Wildman–Crippen LogP) is 4.07. The van der Waals surface area contributed by atoms with Gasteiger partial charge in [0, 0.05) is 27.9 Å². The lowest BCUT2D eigenvalue weighted by molar-refractivity contribution is -0.114. The SMILES string of the molecule is COc1ccc(Cl)cc1NC(=O)/C(C)=C\C(=O)Nc1ccc(C(C)=O)cc1. The van der Waals surface area contributed by atoms with E-state index in [0.717, 1.165) is 0 Å². The summed E-state index contributed by atoms with van der Waals surface area (Å²) in [5.41, 5.74) is 1.68. The summed E-state index contributed by atoms with van der Waals surface area (Å²) in [5, 5.41) is 5.74. The lowest BCUT2D eigenvalue weighted by atomic mass is 10.1. The van der Waals surface area contributed by atoms with E-state index in [1.807, 2.05) is 0 Å². The van der Waals surface area contributed by atoms with Crippen molar-refractivity contribution in [2.24, 2.45) is 0 Å². The molecule has 0 atom stereocenters. The fourth-order valence-corrected chi connectivity index (χ4v) is 2.40. The minimum Gasteiger partial charge on any atom is -0.495 e. The highest BCUT2D eigenvalue weighted by Gasteiger charge is 2.11. The van der Waals surface area contributed by atoms with Gasteiger partial charge in [0.05, 0.1) is 12.8 Å². The van der Waals surface area contributed by atoms with E-state index in [4.69, 9.17) is 16.3 Å². The number of Topliss-reactive ketones (excluding diaryl/α,β-unsaturated/α-hetero) is 1. The predicted molar refractivity (Wildman–Crippen MR) is 105 cm³/mol. The number of benzene rings is 2. The Kier molecular flexibility index (Phi) is 6.73. The fourth-order valence-electron chi connectivity index (χ4n) is 2.23. The number of rotatable bonds is 6. The van der Waals surface area contributed by atoms with Gasteiger partial charge in [0.15, 0.2) is 5.78 Å². The van der Waals surface area contributed by atoms with Gasteiger partial charge < -0.3 is 15.4 Å². The third kappa shape index (κ3) is 5.69. The van der Waals surface area contributed by atoms with Gasteiger partial charge in [-0.3, -0.25) is 14.4 Å². The van der Waals surface area contributed by atoms with Crippen LogP contribution in [0, 0.1) is 0 Å². The second-order valence-electron chi connectivity index (χ2n) is 5.75. The number of ketones is 1. The summed E-state index contributed by atoms with van der Waals surface area (Å²) in [4.78, 5) is 35.7. The third-order valence-electron chi connectivity index (χ3n) is 3.67. The zero-order chi connectivity index (χ0) is 20.0. The van der Waals surface area contributed by atoms with Crippen LogP contribution < -0.4 is 15.4 Å². The number of carbonyl (C=O) groups excluding carboxylic acids is 3. The Morgan fingerprint density at radius 1 is 1.00 bits per heavy atom. The van der Waals surface area contributed by atoms with E-state index in [9.17, 15) is 14.4 Å². The molecule has 27 heavy (non-hydrogen) atoms. The first-order valence-corrected chi connectivity index (χ1v) is 8.43. The third-order valence-corrected chi connectivity index (χ3v) is 3.91. The van der Waals surface area contributed by atoms with Crippen molar-refractivity contribution in [3.05, 3.63) is 64.7 Å². The number of hydrogen-bond donors (Lipinski definition) is 2. The summed E-state index contributed by atoms with van der Waals surface area (Å²) in [6.45, 7) is 2.98. The van der Waals surface area contributed by atoms with Gasteiger partial charge in [0.25, 0.3) is 5.91 Å². The minimum absolute atomic E-state index is 0.0586. The van der Waals surface area contributed by atoms with Crippen LogP contribution in [0.2, 0.25) is 5.02 Å². The molecule has 140 valence electrons. The first-order chi connectivity index (χ1) is 12.8. The molecule has 2 N–H and O–H groups in total. The molecule has 2 aromatic carbocycles. The van der Waals surface area contributed by atoms with Gasteiger partial charge in [-0.2, -0.15) is 0 Å². The Balaban J connectivity index is 2.05. The summed E-state index contributed by atoms with van der Waals surface area (Å²) in [6, 6.07) is 11.3. The van der Waals surface area contributed by atoms with Crippen molar-refractivity contribution in [3.63, 3.8) is 0 Å². The molecule has 0 unspecified atom stereocenters. The van der Waals surface area contributed by atoms with Crippen LogP contribution in [0.1, 0.15) is 24.2 Å². The molecule has 0 fully saturated rings. The fraction of sp³-hybridized carbons (Fsp3) is 0.150. The highest BCUT2D eigenvalue weighted by atomic mass is 35.5. The van der Waals surface area contributed by atoms with Crippen LogP contribution in [-0.4, -0.2) is 24.7 Å². The van der Waals surface area contributed by atoms with E-state index < -0.39 is 11.8 Å². The molecule has 2 rings (SSSR count). The number of methoxy groups -OCH3 is 1. The number of amides is 2. The molecule has 7 heteroatoms. The Morgan fingerprint density at radius 2 is 1.67 bits per heavy atom. The number of nitrogens with one attached hydrogen (secondary N) is 2. The van der Waals surface area contributed by atoms with E-state index in [2.05, 4.69) is 10.6 Å². The van der Waals surface area contributed by atoms with Gasteiger partial charge in [-0.25, -0.2) is 0 Å². The molecule has 0 saturated heterocycles.